The van der Waals surface area contributed by atoms with Gasteiger partial charge in [-0.3, -0.25) is 9.48 Å². The number of carbonyl (C=O) groups is 1. The average Bonchev–Trinajstić information content (AvgIpc) is 3.25. The number of nitrogens with one attached hydrogen (secondary N) is 1. The topological polar surface area (TPSA) is 51.9 Å². The minimum absolute atomic E-state index is 0.0839. The molecule has 0 atom stereocenters. The number of rotatable bonds is 5. The Labute approximate surface area is 151 Å². The van der Waals surface area contributed by atoms with Crippen LogP contribution in [0, 0.1) is 0 Å². The van der Waals surface area contributed by atoms with Gasteiger partial charge in [0.05, 0.1) is 24.3 Å². The Bertz CT molecular complexity index is 1050. The van der Waals surface area contributed by atoms with E-state index in [1.807, 2.05) is 77.2 Å². The molecular formula is C21H20N4O. The Morgan fingerprint density at radius 1 is 1.04 bits per heavy atom. The number of nitrogens with zero attached hydrogens (tertiary/aromatic N) is 3. The van der Waals surface area contributed by atoms with Gasteiger partial charge in [0.15, 0.2) is 0 Å². The fraction of sp³-hybridized carbons (Fsp3) is 0.143. The molecule has 0 bridgehead atoms. The predicted octanol–water partition coefficient (Wildman–Crippen LogP) is 3.35. The highest BCUT2D eigenvalue weighted by Gasteiger charge is 2.13. The Morgan fingerprint density at radius 3 is 2.65 bits per heavy atom. The zero-order valence-electron chi connectivity index (χ0n) is 14.6. The molecule has 2 aromatic carbocycles. The summed E-state index contributed by atoms with van der Waals surface area (Å²) in [6, 6.07) is 20.0. The van der Waals surface area contributed by atoms with E-state index < -0.39 is 0 Å². The lowest BCUT2D eigenvalue weighted by Gasteiger charge is -2.03. The number of hydrogen-bond donors (Lipinski definition) is 1. The van der Waals surface area contributed by atoms with Crippen LogP contribution in [0.3, 0.4) is 0 Å². The van der Waals surface area contributed by atoms with Crippen LogP contribution >= 0.6 is 0 Å². The van der Waals surface area contributed by atoms with Crippen molar-refractivity contribution in [2.75, 3.05) is 0 Å². The summed E-state index contributed by atoms with van der Waals surface area (Å²) in [7, 11) is 1.95. The van der Waals surface area contributed by atoms with Gasteiger partial charge in [-0.2, -0.15) is 5.10 Å². The number of aryl methyl sites for hydroxylation is 1. The van der Waals surface area contributed by atoms with E-state index in [-0.39, 0.29) is 5.91 Å². The predicted molar refractivity (Wildman–Crippen MR) is 102 cm³/mol. The molecule has 0 radical (unpaired) electrons. The van der Waals surface area contributed by atoms with Gasteiger partial charge in [0.25, 0.3) is 5.91 Å². The number of aromatic nitrogens is 3. The van der Waals surface area contributed by atoms with Gasteiger partial charge in [0.2, 0.25) is 0 Å². The van der Waals surface area contributed by atoms with E-state index in [2.05, 4.69) is 22.5 Å². The van der Waals surface area contributed by atoms with E-state index in [1.54, 1.807) is 0 Å². The van der Waals surface area contributed by atoms with Crippen LogP contribution < -0.4 is 5.32 Å². The van der Waals surface area contributed by atoms with E-state index in [9.17, 15) is 4.79 Å². The Kier molecular flexibility index (Phi) is 4.27. The number of fused-ring (bicyclic) bond motifs is 1. The number of hydrogen-bond acceptors (Lipinski definition) is 2. The minimum Gasteiger partial charge on any atom is -0.350 e. The normalized spacial score (nSPS) is 11.0. The van der Waals surface area contributed by atoms with Crippen molar-refractivity contribution in [1.82, 2.24) is 19.7 Å². The molecule has 5 heteroatoms. The van der Waals surface area contributed by atoms with Gasteiger partial charge in [-0.15, -0.1) is 0 Å². The average molecular weight is 344 g/mol. The van der Waals surface area contributed by atoms with Gasteiger partial charge >= 0.3 is 0 Å². The van der Waals surface area contributed by atoms with Crippen molar-refractivity contribution < 1.29 is 4.79 Å². The summed E-state index contributed by atoms with van der Waals surface area (Å²) in [4.78, 5) is 12.6. The molecule has 130 valence electrons. The largest absolute Gasteiger partial charge is 0.350 e. The second-order valence-electron chi connectivity index (χ2n) is 6.34. The summed E-state index contributed by atoms with van der Waals surface area (Å²) >= 11 is 0. The quantitative estimate of drug-likeness (QED) is 0.604. The van der Waals surface area contributed by atoms with Crippen LogP contribution in [0.25, 0.3) is 10.9 Å². The zero-order chi connectivity index (χ0) is 17.9. The van der Waals surface area contributed by atoms with Gasteiger partial charge in [-0.05, 0) is 17.7 Å². The third-order valence-electron chi connectivity index (χ3n) is 4.45. The summed E-state index contributed by atoms with van der Waals surface area (Å²) in [5.74, 6) is -0.0839. The summed E-state index contributed by atoms with van der Waals surface area (Å²) in [6.07, 6.45) is 3.81. The number of benzene rings is 2. The molecule has 0 spiro atoms. The molecule has 0 saturated carbocycles. The van der Waals surface area contributed by atoms with Crippen molar-refractivity contribution in [2.45, 2.75) is 13.1 Å². The number of carbonyl (C=O) groups excluding carboxylic acids is 1. The molecule has 0 aliphatic carbocycles. The molecule has 4 rings (SSSR count). The van der Waals surface area contributed by atoms with Crippen molar-refractivity contribution in [3.63, 3.8) is 0 Å². The molecule has 1 N–H and O–H groups in total. The van der Waals surface area contributed by atoms with Gasteiger partial charge in [0, 0.05) is 30.3 Å². The Balaban J connectivity index is 1.43. The minimum atomic E-state index is -0.0839. The molecule has 4 aromatic rings. The van der Waals surface area contributed by atoms with E-state index in [4.69, 9.17) is 0 Å². The molecule has 2 aromatic heterocycles. The van der Waals surface area contributed by atoms with Crippen LogP contribution in [0.2, 0.25) is 0 Å². The van der Waals surface area contributed by atoms with Gasteiger partial charge in [-0.1, -0.05) is 48.5 Å². The maximum Gasteiger partial charge on any atom is 0.253 e. The smallest absolute Gasteiger partial charge is 0.253 e. The standard InChI is InChI=1S/C21H20N4O/c1-24-15-19(18-9-5-6-10-20(18)24)21(26)22-13-17-11-12-25(23-17)14-16-7-3-2-4-8-16/h2-12,15H,13-14H2,1H3,(H,22,26). The molecular weight excluding hydrogens is 324 g/mol. The lowest BCUT2D eigenvalue weighted by atomic mass is 10.1. The van der Waals surface area contributed by atoms with Crippen molar-refractivity contribution in [3.8, 4) is 0 Å². The fourth-order valence-corrected chi connectivity index (χ4v) is 3.15. The molecule has 26 heavy (non-hydrogen) atoms. The summed E-state index contributed by atoms with van der Waals surface area (Å²) < 4.78 is 3.85. The third-order valence-corrected chi connectivity index (χ3v) is 4.45. The van der Waals surface area contributed by atoms with Gasteiger partial charge < -0.3 is 9.88 Å². The molecule has 2 heterocycles. The van der Waals surface area contributed by atoms with Crippen molar-refractivity contribution in [2.24, 2.45) is 7.05 Å². The molecule has 5 nitrogen and oxygen atoms in total. The second kappa shape index (κ2) is 6.88. The summed E-state index contributed by atoms with van der Waals surface area (Å²) in [6.45, 7) is 1.13. The number of para-hydroxylation sites is 1. The first-order chi connectivity index (χ1) is 12.7. The highest BCUT2D eigenvalue weighted by molar-refractivity contribution is 6.06. The van der Waals surface area contributed by atoms with Crippen LogP contribution in [0.5, 0.6) is 0 Å². The highest BCUT2D eigenvalue weighted by atomic mass is 16.1. The molecule has 1 amide bonds. The molecule has 0 aliphatic heterocycles. The van der Waals surface area contributed by atoms with Gasteiger partial charge in [0.1, 0.15) is 0 Å². The van der Waals surface area contributed by atoms with Crippen LogP contribution in [-0.4, -0.2) is 20.3 Å². The third kappa shape index (κ3) is 3.24. The lowest BCUT2D eigenvalue weighted by molar-refractivity contribution is 0.0952. The van der Waals surface area contributed by atoms with E-state index in [0.717, 1.165) is 23.1 Å². The molecule has 0 unspecified atom stereocenters. The van der Waals surface area contributed by atoms with E-state index >= 15 is 0 Å². The van der Waals surface area contributed by atoms with Gasteiger partial charge in [-0.25, -0.2) is 0 Å². The first kappa shape index (κ1) is 16.1. The zero-order valence-corrected chi connectivity index (χ0v) is 14.6. The lowest BCUT2D eigenvalue weighted by Crippen LogP contribution is -2.23. The first-order valence-electron chi connectivity index (χ1n) is 8.59. The summed E-state index contributed by atoms with van der Waals surface area (Å²) in [5, 5.41) is 8.47. The fourth-order valence-electron chi connectivity index (χ4n) is 3.15. The van der Waals surface area contributed by atoms with Crippen LogP contribution in [0.1, 0.15) is 21.6 Å². The SMILES string of the molecule is Cn1cc(C(=O)NCc2ccn(Cc3ccccc3)n2)c2ccccc21. The van der Waals surface area contributed by atoms with Crippen LogP contribution in [0.4, 0.5) is 0 Å². The Hall–Kier alpha value is -3.34. The maximum atomic E-state index is 12.6. The second-order valence-corrected chi connectivity index (χ2v) is 6.34. The monoisotopic (exact) mass is 344 g/mol. The van der Waals surface area contributed by atoms with Crippen molar-refractivity contribution in [1.29, 1.82) is 0 Å². The van der Waals surface area contributed by atoms with Crippen LogP contribution in [-0.2, 0) is 20.1 Å². The number of amides is 1. The van der Waals surface area contributed by atoms with Crippen LogP contribution in [0.15, 0.2) is 73.1 Å². The van der Waals surface area contributed by atoms with E-state index in [1.165, 1.54) is 5.56 Å². The highest BCUT2D eigenvalue weighted by Crippen LogP contribution is 2.20. The summed E-state index contributed by atoms with van der Waals surface area (Å²) in [5.41, 5.74) is 3.77. The first-order valence-corrected chi connectivity index (χ1v) is 8.59. The van der Waals surface area contributed by atoms with E-state index in [0.29, 0.717) is 12.1 Å². The maximum absolute atomic E-state index is 12.6. The van der Waals surface area contributed by atoms with Crippen molar-refractivity contribution in [3.05, 3.63) is 89.9 Å². The molecule has 0 saturated heterocycles. The van der Waals surface area contributed by atoms with Crippen molar-refractivity contribution >= 4 is 16.8 Å². The molecule has 0 aliphatic rings. The Morgan fingerprint density at radius 2 is 1.81 bits per heavy atom. The molecule has 0 fully saturated rings.